The Hall–Kier alpha value is -7.58. The number of hydrogen-bond acceptors (Lipinski definition) is 22. The first kappa shape index (κ1) is 68.2. The maximum Gasteiger partial charge on any atom is 0.271 e. The Morgan fingerprint density at radius 2 is 1.45 bits per heavy atom. The Balaban J connectivity index is 1.21. The molecule has 4 heterocycles. The highest BCUT2D eigenvalue weighted by Gasteiger charge is 2.36. The number of anilines is 1. The van der Waals surface area contributed by atoms with Gasteiger partial charge in [0, 0.05) is 73.5 Å². The second kappa shape index (κ2) is 35.0. The van der Waals surface area contributed by atoms with Crippen LogP contribution in [0.4, 0.5) is 5.82 Å². The number of nitrogens with one attached hydrogen (secondary N) is 9. The lowest BCUT2D eigenvalue weighted by Crippen LogP contribution is -2.57. The number of nitrogens with zero attached hydrogens (tertiary/aromatic N) is 5. The standard InChI is InChI=1S/C55H83N19O9S2/c1-30(2)21-37(69-53(82)40(23-34-25-63-29-67-34)71-54(83)45-31(3)47(59)74-49(73-45)38(24-43(58)76)66-26-36(57)48(60)78)46(77)32(4)50(79)70-39(22-33-9-11-35(75)12-10-33)51(80)65-20-13-44-68-42(28-84-44)55-72-41(27-85-55)52(81)64-19-8-18-62-16-6-5-15-61-17-7-14-56/h9-12,25,27-30,32,36-40,46,61-62,66,75,77H,5-8,13-24,26,56-57H2,1-4H3,(H2,58,76)(H2,60,78)(H,63,67)(H,64,81)(H,65,80)(H,69,82)(H,70,79)(H,71,83)(H2,59,73,74)/t32-,36-,37+,38-,39-,40-,46-/m0/s1. The highest BCUT2D eigenvalue weighted by Crippen LogP contribution is 2.26. The van der Waals surface area contributed by atoms with Crippen LogP contribution in [-0.4, -0.2) is 164 Å². The van der Waals surface area contributed by atoms with Gasteiger partial charge < -0.3 is 86.4 Å². The summed E-state index contributed by atoms with van der Waals surface area (Å²) in [5.74, 6) is -6.31. The number of benzene rings is 1. The highest BCUT2D eigenvalue weighted by atomic mass is 32.1. The Labute approximate surface area is 501 Å². The number of aliphatic hydroxyl groups excluding tert-OH is 1. The first-order valence-corrected chi connectivity index (χ1v) is 30.0. The molecule has 85 heavy (non-hydrogen) atoms. The second-order valence-corrected chi connectivity index (χ2v) is 22.8. The molecule has 21 N–H and O–H groups in total. The van der Waals surface area contributed by atoms with E-state index in [1.54, 1.807) is 17.5 Å². The zero-order valence-electron chi connectivity index (χ0n) is 48.4. The van der Waals surface area contributed by atoms with E-state index in [2.05, 4.69) is 67.5 Å². The molecule has 0 spiro atoms. The summed E-state index contributed by atoms with van der Waals surface area (Å²) >= 11 is 2.67. The fraction of sp³-hybridized carbons (Fsp3) is 0.527. The molecule has 1 aromatic carbocycles. The summed E-state index contributed by atoms with van der Waals surface area (Å²) in [6, 6.07) is 0.380. The molecule has 30 heteroatoms. The number of hydrogen-bond donors (Lipinski definition) is 16. The van der Waals surface area contributed by atoms with Gasteiger partial charge in [0.15, 0.2) is 0 Å². The zero-order chi connectivity index (χ0) is 62.0. The van der Waals surface area contributed by atoms with Crippen molar-refractivity contribution in [3.05, 3.63) is 86.6 Å². The minimum atomic E-state index is -1.52. The number of aromatic hydroxyl groups is 1. The van der Waals surface area contributed by atoms with Gasteiger partial charge in [-0.1, -0.05) is 32.9 Å². The van der Waals surface area contributed by atoms with Gasteiger partial charge in [-0.05, 0) is 95.4 Å². The number of thiazole rings is 2. The number of nitrogens with two attached hydrogens (primary N) is 5. The molecule has 0 saturated carbocycles. The normalized spacial score (nSPS) is 13.9. The molecule has 0 aliphatic carbocycles. The first-order chi connectivity index (χ1) is 40.6. The Kier molecular flexibility index (Phi) is 28.1. The SMILES string of the molecule is Cc1c(N)nc([C@H](CC(N)=O)NC[C@H](N)C(N)=O)nc1C(=O)N[C@@H](Cc1cnc[nH]1)C(=O)N[C@H](CC(C)C)[C@@H](O)[C@H](C)C(=O)N[C@@H](Cc1ccc(O)cc1)C(=O)NCCc1nc(-c2nc(C(=O)NCCCNCCCCNCCCN)cs2)cs1. The summed E-state index contributed by atoms with van der Waals surface area (Å²) < 4.78 is 0. The maximum absolute atomic E-state index is 14.4. The minimum Gasteiger partial charge on any atom is -0.508 e. The summed E-state index contributed by atoms with van der Waals surface area (Å²) in [5.41, 5.74) is 30.2. The van der Waals surface area contributed by atoms with E-state index >= 15 is 0 Å². The monoisotopic (exact) mass is 1220 g/mol. The molecule has 0 saturated heterocycles. The average molecular weight is 1220 g/mol. The van der Waals surface area contributed by atoms with Gasteiger partial charge in [0.2, 0.25) is 29.5 Å². The van der Waals surface area contributed by atoms with Gasteiger partial charge in [-0.2, -0.15) is 0 Å². The van der Waals surface area contributed by atoms with E-state index in [-0.39, 0.29) is 79.2 Å². The van der Waals surface area contributed by atoms with Crippen molar-refractivity contribution in [2.75, 3.05) is 58.1 Å². The number of nitrogen functional groups attached to an aromatic ring is 1. The lowest BCUT2D eigenvalue weighted by Gasteiger charge is -2.31. The van der Waals surface area contributed by atoms with Crippen LogP contribution >= 0.6 is 22.7 Å². The molecule has 0 bridgehead atoms. The van der Waals surface area contributed by atoms with Gasteiger partial charge in [-0.25, -0.2) is 24.9 Å². The molecule has 0 unspecified atom stereocenters. The van der Waals surface area contributed by atoms with Crippen molar-refractivity contribution in [3.8, 4) is 16.5 Å². The molecular weight excluding hydrogens is 1130 g/mol. The number of primary amides is 2. The Bertz CT molecular complexity index is 2940. The van der Waals surface area contributed by atoms with Crippen LogP contribution in [0.2, 0.25) is 0 Å². The summed E-state index contributed by atoms with van der Waals surface area (Å²) in [5, 5.41) is 50.5. The van der Waals surface area contributed by atoms with Crippen LogP contribution in [0.3, 0.4) is 0 Å². The molecule has 5 aromatic rings. The predicted octanol–water partition coefficient (Wildman–Crippen LogP) is -0.922. The van der Waals surface area contributed by atoms with Crippen molar-refractivity contribution in [1.82, 2.24) is 72.4 Å². The third-order valence-electron chi connectivity index (χ3n) is 13.6. The van der Waals surface area contributed by atoms with Gasteiger partial charge in [0.05, 0.1) is 41.5 Å². The lowest BCUT2D eigenvalue weighted by molar-refractivity contribution is -0.134. The molecular formula is C55H83N19O9S2. The van der Waals surface area contributed by atoms with Crippen LogP contribution in [0.15, 0.2) is 47.5 Å². The van der Waals surface area contributed by atoms with Gasteiger partial charge in [-0.15, -0.1) is 22.7 Å². The molecule has 0 radical (unpaired) electrons. The number of imidazole rings is 1. The van der Waals surface area contributed by atoms with E-state index in [0.717, 1.165) is 51.9 Å². The molecule has 7 amide bonds. The van der Waals surface area contributed by atoms with E-state index in [9.17, 15) is 43.8 Å². The van der Waals surface area contributed by atoms with Gasteiger partial charge in [0.25, 0.3) is 11.8 Å². The molecule has 0 fully saturated rings. The van der Waals surface area contributed by atoms with Crippen molar-refractivity contribution < 1.29 is 43.8 Å². The predicted molar refractivity (Wildman–Crippen MR) is 322 cm³/mol. The minimum absolute atomic E-state index is 0.00550. The van der Waals surface area contributed by atoms with E-state index < -0.39 is 77.7 Å². The number of H-pyrrole nitrogens is 1. The highest BCUT2D eigenvalue weighted by molar-refractivity contribution is 7.14. The zero-order valence-corrected chi connectivity index (χ0v) is 50.1. The molecule has 4 aromatic heterocycles. The maximum atomic E-state index is 14.4. The van der Waals surface area contributed by atoms with Gasteiger partial charge >= 0.3 is 0 Å². The number of carbonyl (C=O) groups is 7. The Morgan fingerprint density at radius 3 is 2.11 bits per heavy atom. The van der Waals surface area contributed by atoms with Crippen molar-refractivity contribution in [2.24, 2.45) is 34.8 Å². The number of phenols is 1. The summed E-state index contributed by atoms with van der Waals surface area (Å²) in [7, 11) is 0. The largest absolute Gasteiger partial charge is 0.508 e. The lowest BCUT2D eigenvalue weighted by atomic mass is 9.90. The van der Waals surface area contributed by atoms with Crippen molar-refractivity contribution in [2.45, 2.75) is 122 Å². The molecule has 28 nitrogen and oxygen atoms in total. The molecule has 0 aliphatic rings. The van der Waals surface area contributed by atoms with Crippen molar-refractivity contribution in [1.29, 1.82) is 0 Å². The van der Waals surface area contributed by atoms with Crippen molar-refractivity contribution in [3.63, 3.8) is 0 Å². The molecule has 0 aliphatic heterocycles. The van der Waals surface area contributed by atoms with Crippen LogP contribution in [0.1, 0.15) is 114 Å². The second-order valence-electron chi connectivity index (χ2n) is 21.0. The molecule has 5 rings (SSSR count). The van der Waals surface area contributed by atoms with Crippen LogP contribution in [0, 0.1) is 18.8 Å². The summed E-state index contributed by atoms with van der Waals surface area (Å²) in [4.78, 5) is 118. The molecule has 464 valence electrons. The van der Waals surface area contributed by atoms with E-state index in [0.29, 0.717) is 52.2 Å². The molecule has 7 atom stereocenters. The number of aromatic amines is 1. The van der Waals surface area contributed by atoms with Crippen LogP contribution in [0.25, 0.3) is 10.7 Å². The van der Waals surface area contributed by atoms with Crippen LogP contribution in [-0.2, 0) is 43.2 Å². The van der Waals surface area contributed by atoms with Gasteiger partial charge in [0.1, 0.15) is 51.6 Å². The van der Waals surface area contributed by atoms with E-state index in [4.69, 9.17) is 33.7 Å². The van der Waals surface area contributed by atoms with E-state index in [1.165, 1.54) is 61.2 Å². The van der Waals surface area contributed by atoms with Crippen LogP contribution < -0.4 is 71.2 Å². The third kappa shape index (κ3) is 22.7. The van der Waals surface area contributed by atoms with Crippen LogP contribution in [0.5, 0.6) is 5.75 Å². The quantitative estimate of drug-likeness (QED) is 0.0212. The van der Waals surface area contributed by atoms with Crippen molar-refractivity contribution >= 4 is 69.8 Å². The number of carbonyl (C=O) groups excluding carboxylic acids is 7. The fourth-order valence-electron chi connectivity index (χ4n) is 8.68. The number of unbranched alkanes of at least 4 members (excludes halogenated alkanes) is 1. The number of aromatic nitrogens is 6. The summed E-state index contributed by atoms with van der Waals surface area (Å²) in [6.45, 7) is 11.4. The van der Waals surface area contributed by atoms with E-state index in [1.807, 2.05) is 19.2 Å². The smallest absolute Gasteiger partial charge is 0.271 e. The number of rotatable bonds is 39. The Morgan fingerprint density at radius 1 is 0.753 bits per heavy atom. The number of aliphatic hydroxyl groups is 1. The number of phenolic OH excluding ortho intramolecular Hbond substituents is 1. The van der Waals surface area contributed by atoms with Gasteiger partial charge in [-0.3, -0.25) is 33.6 Å². The fourth-order valence-corrected chi connectivity index (χ4v) is 10.3. The average Bonchev–Trinajstić information content (AvgIpc) is 4.37. The number of amides is 7. The first-order valence-electron chi connectivity index (χ1n) is 28.3. The third-order valence-corrected chi connectivity index (χ3v) is 15.3. The topological polar surface area (TPSA) is 467 Å². The summed E-state index contributed by atoms with van der Waals surface area (Å²) in [6.07, 6.45) is 5.23.